The Morgan fingerprint density at radius 3 is 2.38 bits per heavy atom. The first-order valence-electron chi connectivity index (χ1n) is 8.93. The molecule has 1 aliphatic heterocycles. The lowest BCUT2D eigenvalue weighted by atomic mass is 9.93. The highest BCUT2D eigenvalue weighted by atomic mass is 15.3. The van der Waals surface area contributed by atoms with E-state index in [1.165, 1.54) is 50.9 Å². The molecule has 0 aromatic carbocycles. The van der Waals surface area contributed by atoms with Crippen molar-refractivity contribution in [3.8, 4) is 0 Å². The second-order valence-corrected chi connectivity index (χ2v) is 6.27. The lowest BCUT2D eigenvalue weighted by Crippen LogP contribution is -2.34. The summed E-state index contributed by atoms with van der Waals surface area (Å²) in [5.74, 6) is 1.49. The molecule has 3 heteroatoms. The van der Waals surface area contributed by atoms with Crippen molar-refractivity contribution in [1.29, 1.82) is 0 Å². The molecule has 0 N–H and O–H groups in total. The molecule has 0 unspecified atom stereocenters. The van der Waals surface area contributed by atoms with E-state index in [9.17, 15) is 0 Å². The van der Waals surface area contributed by atoms with Gasteiger partial charge in [0, 0.05) is 12.7 Å². The number of hydrogen-bond acceptors (Lipinski definition) is 2. The third-order valence-electron chi connectivity index (χ3n) is 4.33. The van der Waals surface area contributed by atoms with E-state index >= 15 is 0 Å². The van der Waals surface area contributed by atoms with Crippen LogP contribution in [-0.2, 0) is 6.54 Å². The first-order chi connectivity index (χ1) is 10.2. The molecule has 1 saturated heterocycles. The summed E-state index contributed by atoms with van der Waals surface area (Å²) in [6.45, 7) is 15.7. The molecule has 1 aromatic heterocycles. The highest BCUT2D eigenvalue weighted by molar-refractivity contribution is 5.08. The summed E-state index contributed by atoms with van der Waals surface area (Å²) in [4.78, 5) is 2.61. The van der Waals surface area contributed by atoms with Crippen LogP contribution in [0.4, 0.5) is 0 Å². The quantitative estimate of drug-likeness (QED) is 0.767. The number of rotatable bonds is 6. The molecule has 1 fully saturated rings. The fraction of sp³-hybridized carbons (Fsp3) is 0.833. The molecule has 0 atom stereocenters. The maximum absolute atomic E-state index is 4.47. The van der Waals surface area contributed by atoms with Gasteiger partial charge in [-0.3, -0.25) is 4.68 Å². The molecule has 0 saturated carbocycles. The molecule has 0 radical (unpaired) electrons. The van der Waals surface area contributed by atoms with Gasteiger partial charge in [-0.2, -0.15) is 5.10 Å². The van der Waals surface area contributed by atoms with Gasteiger partial charge in [0.05, 0.1) is 6.20 Å². The average molecular weight is 293 g/mol. The van der Waals surface area contributed by atoms with E-state index in [1.54, 1.807) is 0 Å². The smallest absolute Gasteiger partial charge is 0.0524 e. The van der Waals surface area contributed by atoms with E-state index in [-0.39, 0.29) is 0 Å². The predicted molar refractivity (Wildman–Crippen MR) is 91.7 cm³/mol. The SMILES string of the molecule is CC.CCCN1CCC(CCn2cc(C(C)C)cn2)CC1. The van der Waals surface area contributed by atoms with Crippen LogP contribution < -0.4 is 0 Å². The van der Waals surface area contributed by atoms with Crippen LogP contribution in [0.3, 0.4) is 0 Å². The average Bonchev–Trinajstić information content (AvgIpc) is 2.98. The molecule has 0 aliphatic carbocycles. The van der Waals surface area contributed by atoms with Gasteiger partial charge in [-0.15, -0.1) is 0 Å². The van der Waals surface area contributed by atoms with Crippen LogP contribution in [0.2, 0.25) is 0 Å². The Bertz CT molecular complexity index is 362. The van der Waals surface area contributed by atoms with E-state index in [4.69, 9.17) is 0 Å². The zero-order chi connectivity index (χ0) is 15.7. The van der Waals surface area contributed by atoms with Crippen molar-refractivity contribution in [1.82, 2.24) is 14.7 Å². The molecule has 21 heavy (non-hydrogen) atoms. The number of likely N-dealkylation sites (tertiary alicyclic amines) is 1. The van der Waals surface area contributed by atoms with E-state index in [0.29, 0.717) is 5.92 Å². The number of aryl methyl sites for hydroxylation is 1. The lowest BCUT2D eigenvalue weighted by molar-refractivity contribution is 0.175. The van der Waals surface area contributed by atoms with Crippen LogP contribution in [0.5, 0.6) is 0 Å². The summed E-state index contributed by atoms with van der Waals surface area (Å²) >= 11 is 0. The molecule has 2 rings (SSSR count). The highest BCUT2D eigenvalue weighted by Gasteiger charge is 2.18. The topological polar surface area (TPSA) is 21.1 Å². The van der Waals surface area contributed by atoms with Gasteiger partial charge < -0.3 is 4.90 Å². The van der Waals surface area contributed by atoms with Gasteiger partial charge in [-0.1, -0.05) is 34.6 Å². The van der Waals surface area contributed by atoms with Crippen LogP contribution in [0, 0.1) is 5.92 Å². The maximum atomic E-state index is 4.47. The first kappa shape index (κ1) is 18.2. The fourth-order valence-electron chi connectivity index (χ4n) is 2.93. The second-order valence-electron chi connectivity index (χ2n) is 6.27. The third-order valence-corrected chi connectivity index (χ3v) is 4.33. The molecule has 0 spiro atoms. The van der Waals surface area contributed by atoms with Crippen LogP contribution in [-0.4, -0.2) is 34.3 Å². The van der Waals surface area contributed by atoms with Crippen molar-refractivity contribution < 1.29 is 0 Å². The molecule has 122 valence electrons. The molecule has 3 nitrogen and oxygen atoms in total. The minimum Gasteiger partial charge on any atom is -0.303 e. The minimum atomic E-state index is 0.589. The Morgan fingerprint density at radius 1 is 1.19 bits per heavy atom. The summed E-state index contributed by atoms with van der Waals surface area (Å²) in [7, 11) is 0. The standard InChI is InChI=1S/C16H29N3.C2H6/c1-4-8-18-9-5-15(6-10-18)7-11-19-13-16(12-17-19)14(2)3;1-2/h12-15H,4-11H2,1-3H3;1-2H3. The van der Waals surface area contributed by atoms with Gasteiger partial charge in [0.1, 0.15) is 0 Å². The number of hydrogen-bond donors (Lipinski definition) is 0. The number of piperidine rings is 1. The zero-order valence-corrected chi connectivity index (χ0v) is 14.8. The van der Waals surface area contributed by atoms with Gasteiger partial charge in [0.15, 0.2) is 0 Å². The van der Waals surface area contributed by atoms with Gasteiger partial charge >= 0.3 is 0 Å². The Hall–Kier alpha value is -0.830. The van der Waals surface area contributed by atoms with Crippen molar-refractivity contribution in [3.63, 3.8) is 0 Å². The van der Waals surface area contributed by atoms with E-state index in [2.05, 4.69) is 41.6 Å². The number of nitrogens with zero attached hydrogens (tertiary/aromatic N) is 3. The molecular weight excluding hydrogens is 258 g/mol. The maximum Gasteiger partial charge on any atom is 0.0524 e. The monoisotopic (exact) mass is 293 g/mol. The minimum absolute atomic E-state index is 0.589. The van der Waals surface area contributed by atoms with Gasteiger partial charge in [0.25, 0.3) is 0 Å². The molecule has 1 aromatic rings. The Morgan fingerprint density at radius 2 is 1.86 bits per heavy atom. The lowest BCUT2D eigenvalue weighted by Gasteiger charge is -2.31. The molecule has 0 bridgehead atoms. The first-order valence-corrected chi connectivity index (χ1v) is 8.93. The molecule has 0 amide bonds. The largest absolute Gasteiger partial charge is 0.303 e. The van der Waals surface area contributed by atoms with Gasteiger partial charge in [0.2, 0.25) is 0 Å². The Kier molecular flexibility index (Phi) is 8.67. The van der Waals surface area contributed by atoms with Crippen LogP contribution >= 0.6 is 0 Å². The normalized spacial score (nSPS) is 16.9. The Labute approximate surface area is 131 Å². The predicted octanol–water partition coefficient (Wildman–Crippen LogP) is 4.54. The van der Waals surface area contributed by atoms with E-state index < -0.39 is 0 Å². The van der Waals surface area contributed by atoms with Crippen LogP contribution in [0.1, 0.15) is 71.8 Å². The van der Waals surface area contributed by atoms with Gasteiger partial charge in [-0.25, -0.2) is 0 Å². The summed E-state index contributed by atoms with van der Waals surface area (Å²) < 4.78 is 2.13. The van der Waals surface area contributed by atoms with Crippen molar-refractivity contribution >= 4 is 0 Å². The Balaban J connectivity index is 0.00000106. The summed E-state index contributed by atoms with van der Waals surface area (Å²) in [5, 5.41) is 4.47. The van der Waals surface area contributed by atoms with Crippen LogP contribution in [0.15, 0.2) is 12.4 Å². The molecular formula is C18H35N3. The summed E-state index contributed by atoms with van der Waals surface area (Å²) in [5.41, 5.74) is 1.36. The third kappa shape index (κ3) is 6.21. The van der Waals surface area contributed by atoms with Crippen molar-refractivity contribution in [3.05, 3.63) is 18.0 Å². The van der Waals surface area contributed by atoms with Crippen molar-refractivity contribution in [2.75, 3.05) is 19.6 Å². The number of aromatic nitrogens is 2. The van der Waals surface area contributed by atoms with E-state index in [1.807, 2.05) is 20.0 Å². The molecule has 1 aliphatic rings. The molecule has 2 heterocycles. The van der Waals surface area contributed by atoms with Crippen molar-refractivity contribution in [2.45, 2.75) is 72.8 Å². The summed E-state index contributed by atoms with van der Waals surface area (Å²) in [6.07, 6.45) is 9.57. The summed E-state index contributed by atoms with van der Waals surface area (Å²) in [6, 6.07) is 0. The van der Waals surface area contributed by atoms with Crippen molar-refractivity contribution in [2.24, 2.45) is 5.92 Å². The van der Waals surface area contributed by atoms with Gasteiger partial charge in [-0.05, 0) is 62.7 Å². The highest BCUT2D eigenvalue weighted by Crippen LogP contribution is 2.21. The zero-order valence-electron chi connectivity index (χ0n) is 14.8. The van der Waals surface area contributed by atoms with Crippen LogP contribution in [0.25, 0.3) is 0 Å². The fourth-order valence-corrected chi connectivity index (χ4v) is 2.93. The second kappa shape index (κ2) is 9.99. The van der Waals surface area contributed by atoms with E-state index in [0.717, 1.165) is 12.5 Å².